The van der Waals surface area contributed by atoms with Crippen LogP contribution in [0.5, 0.6) is 5.75 Å². The molecule has 17 heavy (non-hydrogen) atoms. The number of nitrogens with two attached hydrogens (primary N) is 2. The standard InChI is InChI=1S/C11H14F2N2O2/c1-6(11(15)16)5-17-10-8(12)2-7(4-14)3-9(10)13/h2-3,6H,4-5,14H2,1H3,(H2,15,16). The van der Waals surface area contributed by atoms with Gasteiger partial charge in [0.1, 0.15) is 0 Å². The van der Waals surface area contributed by atoms with Crippen molar-refractivity contribution in [2.24, 2.45) is 17.4 Å². The highest BCUT2D eigenvalue weighted by molar-refractivity contribution is 5.76. The highest BCUT2D eigenvalue weighted by Gasteiger charge is 2.15. The summed E-state index contributed by atoms with van der Waals surface area (Å²) in [5.41, 5.74) is 10.6. The molecule has 0 saturated carbocycles. The Balaban J connectivity index is 2.81. The van der Waals surface area contributed by atoms with Gasteiger partial charge in [0.2, 0.25) is 5.91 Å². The van der Waals surface area contributed by atoms with Gasteiger partial charge in [-0.3, -0.25) is 4.79 Å². The monoisotopic (exact) mass is 244 g/mol. The molecule has 0 bridgehead atoms. The molecule has 0 spiro atoms. The molecule has 1 atom stereocenters. The van der Waals surface area contributed by atoms with Crippen LogP contribution >= 0.6 is 0 Å². The Morgan fingerprint density at radius 1 is 1.41 bits per heavy atom. The molecule has 94 valence electrons. The first-order valence-electron chi connectivity index (χ1n) is 5.05. The van der Waals surface area contributed by atoms with Crippen molar-refractivity contribution in [3.63, 3.8) is 0 Å². The van der Waals surface area contributed by atoms with Gasteiger partial charge >= 0.3 is 0 Å². The van der Waals surface area contributed by atoms with Crippen molar-refractivity contribution >= 4 is 5.91 Å². The fourth-order valence-corrected chi connectivity index (χ4v) is 1.16. The molecule has 0 heterocycles. The zero-order chi connectivity index (χ0) is 13.0. The number of carbonyl (C=O) groups is 1. The normalized spacial score (nSPS) is 12.2. The number of primary amides is 1. The Bertz CT molecular complexity index is 401. The second kappa shape index (κ2) is 5.58. The molecule has 0 aliphatic carbocycles. The molecule has 1 aromatic rings. The number of hydrogen-bond acceptors (Lipinski definition) is 3. The highest BCUT2D eigenvalue weighted by atomic mass is 19.1. The Morgan fingerprint density at radius 2 is 1.94 bits per heavy atom. The van der Waals surface area contributed by atoms with Crippen LogP contribution in [-0.2, 0) is 11.3 Å². The van der Waals surface area contributed by atoms with Crippen molar-refractivity contribution < 1.29 is 18.3 Å². The summed E-state index contributed by atoms with van der Waals surface area (Å²) in [6.07, 6.45) is 0. The van der Waals surface area contributed by atoms with Gasteiger partial charge < -0.3 is 16.2 Å². The first-order chi connectivity index (χ1) is 7.95. The third kappa shape index (κ3) is 3.39. The fourth-order valence-electron chi connectivity index (χ4n) is 1.16. The van der Waals surface area contributed by atoms with Gasteiger partial charge in [0.25, 0.3) is 0 Å². The molecule has 0 aromatic heterocycles. The highest BCUT2D eigenvalue weighted by Crippen LogP contribution is 2.23. The summed E-state index contributed by atoms with van der Waals surface area (Å²) in [6, 6.07) is 2.18. The molecular weight excluding hydrogens is 230 g/mol. The van der Waals surface area contributed by atoms with Crippen LogP contribution < -0.4 is 16.2 Å². The maximum Gasteiger partial charge on any atom is 0.223 e. The number of carbonyl (C=O) groups excluding carboxylic acids is 1. The number of rotatable bonds is 5. The maximum atomic E-state index is 13.4. The maximum absolute atomic E-state index is 13.4. The van der Waals surface area contributed by atoms with Gasteiger partial charge in [-0.2, -0.15) is 0 Å². The van der Waals surface area contributed by atoms with Crippen molar-refractivity contribution in [3.8, 4) is 5.75 Å². The topological polar surface area (TPSA) is 78.3 Å². The molecule has 0 saturated heterocycles. The summed E-state index contributed by atoms with van der Waals surface area (Å²) in [5, 5.41) is 0. The minimum absolute atomic E-state index is 0.0335. The van der Waals surface area contributed by atoms with E-state index in [1.165, 1.54) is 6.92 Å². The smallest absolute Gasteiger partial charge is 0.223 e. The van der Waals surface area contributed by atoms with Crippen molar-refractivity contribution in [1.29, 1.82) is 0 Å². The predicted octanol–water partition coefficient (Wildman–Crippen LogP) is 0.924. The van der Waals surface area contributed by atoms with Crippen LogP contribution in [0.4, 0.5) is 8.78 Å². The van der Waals surface area contributed by atoms with Crippen molar-refractivity contribution in [3.05, 3.63) is 29.3 Å². The first-order valence-corrected chi connectivity index (χ1v) is 5.05. The predicted molar refractivity (Wildman–Crippen MR) is 58.1 cm³/mol. The van der Waals surface area contributed by atoms with E-state index in [0.717, 1.165) is 12.1 Å². The number of halogens is 2. The fraction of sp³-hybridized carbons (Fsp3) is 0.364. The number of amides is 1. The van der Waals surface area contributed by atoms with Crippen LogP contribution in [0.2, 0.25) is 0 Å². The van der Waals surface area contributed by atoms with Crippen LogP contribution in [0, 0.1) is 17.6 Å². The van der Waals surface area contributed by atoms with Gasteiger partial charge in [0.05, 0.1) is 12.5 Å². The van der Waals surface area contributed by atoms with E-state index < -0.39 is 29.2 Å². The van der Waals surface area contributed by atoms with E-state index in [-0.39, 0.29) is 13.2 Å². The SMILES string of the molecule is CC(COc1c(F)cc(CN)cc1F)C(N)=O. The summed E-state index contributed by atoms with van der Waals surface area (Å²) in [7, 11) is 0. The minimum Gasteiger partial charge on any atom is -0.487 e. The third-order valence-electron chi connectivity index (χ3n) is 2.26. The Labute approximate surface area is 97.5 Å². The second-order valence-electron chi connectivity index (χ2n) is 3.71. The van der Waals surface area contributed by atoms with Crippen molar-refractivity contribution in [2.45, 2.75) is 13.5 Å². The van der Waals surface area contributed by atoms with Crippen LogP contribution in [0.3, 0.4) is 0 Å². The molecule has 1 rings (SSSR count). The van der Waals surface area contributed by atoms with E-state index in [1.54, 1.807) is 0 Å². The molecule has 1 aromatic carbocycles. The van der Waals surface area contributed by atoms with E-state index in [4.69, 9.17) is 16.2 Å². The Kier molecular flexibility index (Phi) is 4.39. The lowest BCUT2D eigenvalue weighted by molar-refractivity contribution is -0.122. The average molecular weight is 244 g/mol. The van der Waals surface area contributed by atoms with E-state index in [2.05, 4.69) is 0 Å². The van der Waals surface area contributed by atoms with Gasteiger partial charge in [0, 0.05) is 6.54 Å². The molecule has 0 radical (unpaired) electrons. The molecule has 6 heteroatoms. The van der Waals surface area contributed by atoms with Crippen LogP contribution in [0.25, 0.3) is 0 Å². The van der Waals surface area contributed by atoms with Crippen LogP contribution in [-0.4, -0.2) is 12.5 Å². The molecule has 0 fully saturated rings. The Hall–Kier alpha value is -1.69. The van der Waals surface area contributed by atoms with Crippen LogP contribution in [0.15, 0.2) is 12.1 Å². The second-order valence-corrected chi connectivity index (χ2v) is 3.71. The molecule has 4 N–H and O–H groups in total. The molecule has 1 unspecified atom stereocenters. The molecule has 1 amide bonds. The molecule has 4 nitrogen and oxygen atoms in total. The van der Waals surface area contributed by atoms with Gasteiger partial charge in [-0.15, -0.1) is 0 Å². The first kappa shape index (κ1) is 13.4. The van der Waals surface area contributed by atoms with E-state index in [9.17, 15) is 13.6 Å². The minimum atomic E-state index is -0.845. The zero-order valence-corrected chi connectivity index (χ0v) is 9.37. The quantitative estimate of drug-likeness (QED) is 0.808. The summed E-state index contributed by atoms with van der Waals surface area (Å²) in [5.74, 6) is -3.42. The summed E-state index contributed by atoms with van der Waals surface area (Å²) < 4.78 is 31.7. The van der Waals surface area contributed by atoms with Crippen molar-refractivity contribution in [1.82, 2.24) is 0 Å². The zero-order valence-electron chi connectivity index (χ0n) is 9.37. The van der Waals surface area contributed by atoms with Crippen LogP contribution in [0.1, 0.15) is 12.5 Å². The lowest BCUT2D eigenvalue weighted by atomic mass is 10.2. The molecular formula is C11H14F2N2O2. The number of ether oxygens (including phenoxy) is 1. The summed E-state index contributed by atoms with van der Waals surface area (Å²) in [4.78, 5) is 10.7. The van der Waals surface area contributed by atoms with E-state index >= 15 is 0 Å². The van der Waals surface area contributed by atoms with Gasteiger partial charge in [-0.25, -0.2) is 8.78 Å². The largest absolute Gasteiger partial charge is 0.487 e. The molecule has 0 aliphatic heterocycles. The number of benzene rings is 1. The summed E-state index contributed by atoms with van der Waals surface area (Å²) >= 11 is 0. The molecule has 0 aliphatic rings. The van der Waals surface area contributed by atoms with E-state index in [1.807, 2.05) is 0 Å². The Morgan fingerprint density at radius 3 is 2.35 bits per heavy atom. The lowest BCUT2D eigenvalue weighted by Gasteiger charge is -2.12. The van der Waals surface area contributed by atoms with E-state index in [0.29, 0.717) is 5.56 Å². The number of hydrogen-bond donors (Lipinski definition) is 2. The summed E-state index contributed by atoms with van der Waals surface area (Å²) in [6.45, 7) is 1.36. The van der Waals surface area contributed by atoms with Gasteiger partial charge in [0.15, 0.2) is 17.4 Å². The van der Waals surface area contributed by atoms with Gasteiger partial charge in [-0.05, 0) is 17.7 Å². The third-order valence-corrected chi connectivity index (χ3v) is 2.26. The average Bonchev–Trinajstić information content (AvgIpc) is 2.27. The van der Waals surface area contributed by atoms with Crippen molar-refractivity contribution in [2.75, 3.05) is 6.61 Å². The lowest BCUT2D eigenvalue weighted by Crippen LogP contribution is -2.26. The van der Waals surface area contributed by atoms with Gasteiger partial charge in [-0.1, -0.05) is 6.92 Å².